The highest BCUT2D eigenvalue weighted by molar-refractivity contribution is 5.85. The van der Waals surface area contributed by atoms with Gasteiger partial charge in [-0.05, 0) is 18.9 Å². The average molecular weight is 216 g/mol. The maximum atomic E-state index is 5.30. The molecule has 0 saturated carbocycles. The van der Waals surface area contributed by atoms with Crippen molar-refractivity contribution in [2.24, 2.45) is 5.73 Å². The van der Waals surface area contributed by atoms with Crippen LogP contribution in [-0.2, 0) is 11.2 Å². The summed E-state index contributed by atoms with van der Waals surface area (Å²) < 4.78 is 5.29. The zero-order valence-corrected chi connectivity index (χ0v) is 9.35. The molecule has 0 aliphatic carbocycles. The summed E-state index contributed by atoms with van der Waals surface area (Å²) in [5.74, 6) is 0. The van der Waals surface area contributed by atoms with Crippen LogP contribution in [-0.4, -0.2) is 19.8 Å². The quantitative estimate of drug-likeness (QED) is 0.762. The summed E-state index contributed by atoms with van der Waals surface area (Å²) in [6.07, 6.45) is 0.972. The predicted octanol–water partition coefficient (Wildman–Crippen LogP) is 1.93. The first-order valence-corrected chi connectivity index (χ1v) is 4.66. The Hall–Kier alpha value is -0.570. The monoisotopic (exact) mass is 215 g/mol. The number of ether oxygens (including phenoxy) is 1. The molecule has 0 bridgehead atoms. The summed E-state index contributed by atoms with van der Waals surface area (Å²) >= 11 is 0. The first-order valence-electron chi connectivity index (χ1n) is 4.66. The number of hydrogen-bond donors (Lipinski definition) is 1. The third-order valence-corrected chi connectivity index (χ3v) is 1.92. The molecule has 0 unspecified atom stereocenters. The summed E-state index contributed by atoms with van der Waals surface area (Å²) in [7, 11) is 0. The van der Waals surface area contributed by atoms with E-state index < -0.39 is 0 Å². The normalized spacial score (nSPS) is 9.57. The summed E-state index contributed by atoms with van der Waals surface area (Å²) in [4.78, 5) is 0. The smallest absolute Gasteiger partial charge is 0.0588 e. The van der Waals surface area contributed by atoms with E-state index in [2.05, 4.69) is 31.2 Å². The number of nitrogens with two attached hydrogens (primary N) is 1. The van der Waals surface area contributed by atoms with Crippen molar-refractivity contribution in [3.63, 3.8) is 0 Å². The molecule has 0 heterocycles. The molecule has 1 aromatic carbocycles. The van der Waals surface area contributed by atoms with Gasteiger partial charge in [0.05, 0.1) is 13.2 Å². The first kappa shape index (κ1) is 13.4. The standard InChI is InChI=1S/C11H17NO.ClH/c1-10-2-4-11(5-3-10)6-8-13-9-7-12;/h2-5H,6-9,12H2,1H3;1H. The summed E-state index contributed by atoms with van der Waals surface area (Å²) in [5, 5.41) is 0. The van der Waals surface area contributed by atoms with E-state index in [1.807, 2.05) is 0 Å². The van der Waals surface area contributed by atoms with Gasteiger partial charge in [0, 0.05) is 6.54 Å². The zero-order valence-electron chi connectivity index (χ0n) is 8.53. The Kier molecular flexibility index (Phi) is 7.48. The van der Waals surface area contributed by atoms with Crippen LogP contribution in [0.3, 0.4) is 0 Å². The van der Waals surface area contributed by atoms with Gasteiger partial charge in [0.2, 0.25) is 0 Å². The lowest BCUT2D eigenvalue weighted by Crippen LogP contribution is -2.10. The first-order chi connectivity index (χ1) is 6.33. The van der Waals surface area contributed by atoms with Crippen LogP contribution in [0.5, 0.6) is 0 Å². The molecule has 1 aromatic rings. The molecule has 0 aliphatic rings. The van der Waals surface area contributed by atoms with Gasteiger partial charge in [-0.3, -0.25) is 0 Å². The van der Waals surface area contributed by atoms with Crippen LogP contribution < -0.4 is 5.73 Å². The van der Waals surface area contributed by atoms with Crippen molar-refractivity contribution >= 4 is 12.4 Å². The molecule has 0 aromatic heterocycles. The molecule has 1 rings (SSSR count). The van der Waals surface area contributed by atoms with E-state index in [1.54, 1.807) is 0 Å². The van der Waals surface area contributed by atoms with E-state index in [0.29, 0.717) is 13.2 Å². The molecular formula is C11H18ClNO. The second-order valence-corrected chi connectivity index (χ2v) is 3.14. The molecule has 0 atom stereocenters. The van der Waals surface area contributed by atoms with Gasteiger partial charge in [0.25, 0.3) is 0 Å². The third-order valence-electron chi connectivity index (χ3n) is 1.92. The van der Waals surface area contributed by atoms with Crippen molar-refractivity contribution in [3.05, 3.63) is 35.4 Å². The summed E-state index contributed by atoms with van der Waals surface area (Å²) in [6.45, 7) is 4.12. The SMILES string of the molecule is Cc1ccc(CCOCCN)cc1.Cl. The largest absolute Gasteiger partial charge is 0.380 e. The zero-order chi connectivity index (χ0) is 9.52. The maximum Gasteiger partial charge on any atom is 0.0588 e. The lowest BCUT2D eigenvalue weighted by Gasteiger charge is -2.02. The van der Waals surface area contributed by atoms with Crippen LogP contribution >= 0.6 is 12.4 Å². The highest BCUT2D eigenvalue weighted by Crippen LogP contribution is 2.03. The van der Waals surface area contributed by atoms with Crippen molar-refractivity contribution in [2.45, 2.75) is 13.3 Å². The molecular weight excluding hydrogens is 198 g/mol. The van der Waals surface area contributed by atoms with Crippen molar-refractivity contribution < 1.29 is 4.74 Å². The minimum absolute atomic E-state index is 0. The third kappa shape index (κ3) is 5.22. The molecule has 2 nitrogen and oxygen atoms in total. The van der Waals surface area contributed by atoms with Crippen molar-refractivity contribution in [3.8, 4) is 0 Å². The minimum atomic E-state index is 0. The summed E-state index contributed by atoms with van der Waals surface area (Å²) in [5.41, 5.74) is 7.92. The predicted molar refractivity (Wildman–Crippen MR) is 62.0 cm³/mol. The Morgan fingerprint density at radius 3 is 2.36 bits per heavy atom. The fourth-order valence-electron chi connectivity index (χ4n) is 1.13. The molecule has 0 fully saturated rings. The van der Waals surface area contributed by atoms with Crippen LogP contribution in [0.25, 0.3) is 0 Å². The average Bonchev–Trinajstić information content (AvgIpc) is 2.15. The topological polar surface area (TPSA) is 35.2 Å². The van der Waals surface area contributed by atoms with E-state index >= 15 is 0 Å². The van der Waals surface area contributed by atoms with Gasteiger partial charge in [-0.2, -0.15) is 0 Å². The van der Waals surface area contributed by atoms with Crippen LogP contribution in [0.2, 0.25) is 0 Å². The van der Waals surface area contributed by atoms with Crippen LogP contribution in [0.4, 0.5) is 0 Å². The second kappa shape index (κ2) is 7.80. The Labute approximate surface area is 91.9 Å². The molecule has 14 heavy (non-hydrogen) atoms. The lowest BCUT2D eigenvalue weighted by atomic mass is 10.1. The van der Waals surface area contributed by atoms with E-state index in [1.165, 1.54) is 11.1 Å². The van der Waals surface area contributed by atoms with Crippen molar-refractivity contribution in [2.75, 3.05) is 19.8 Å². The highest BCUT2D eigenvalue weighted by Gasteiger charge is 1.92. The van der Waals surface area contributed by atoms with Crippen LogP contribution in [0, 0.1) is 6.92 Å². The number of halogens is 1. The number of benzene rings is 1. The Morgan fingerprint density at radius 1 is 1.14 bits per heavy atom. The van der Waals surface area contributed by atoms with Crippen LogP contribution in [0.1, 0.15) is 11.1 Å². The molecule has 0 saturated heterocycles. The molecule has 0 radical (unpaired) electrons. The number of rotatable bonds is 5. The fourth-order valence-corrected chi connectivity index (χ4v) is 1.13. The Morgan fingerprint density at radius 2 is 1.79 bits per heavy atom. The Balaban J connectivity index is 0.00000169. The molecule has 2 N–H and O–H groups in total. The van der Waals surface area contributed by atoms with Gasteiger partial charge >= 0.3 is 0 Å². The van der Waals surface area contributed by atoms with Crippen LogP contribution in [0.15, 0.2) is 24.3 Å². The molecule has 3 heteroatoms. The van der Waals surface area contributed by atoms with Gasteiger partial charge < -0.3 is 10.5 Å². The summed E-state index contributed by atoms with van der Waals surface area (Å²) in [6, 6.07) is 8.53. The highest BCUT2D eigenvalue weighted by atomic mass is 35.5. The fraction of sp³-hybridized carbons (Fsp3) is 0.455. The van der Waals surface area contributed by atoms with E-state index in [-0.39, 0.29) is 12.4 Å². The molecule has 80 valence electrons. The lowest BCUT2D eigenvalue weighted by molar-refractivity contribution is 0.145. The Bertz CT molecular complexity index is 236. The van der Waals surface area contributed by atoms with Gasteiger partial charge in [0.15, 0.2) is 0 Å². The maximum absolute atomic E-state index is 5.30. The van der Waals surface area contributed by atoms with E-state index in [9.17, 15) is 0 Å². The van der Waals surface area contributed by atoms with Crippen molar-refractivity contribution in [1.82, 2.24) is 0 Å². The number of aryl methyl sites for hydroxylation is 1. The molecule has 0 amide bonds. The van der Waals surface area contributed by atoms with Gasteiger partial charge in [-0.25, -0.2) is 0 Å². The number of hydrogen-bond acceptors (Lipinski definition) is 2. The second-order valence-electron chi connectivity index (χ2n) is 3.14. The molecule has 0 aliphatic heterocycles. The van der Waals surface area contributed by atoms with E-state index in [0.717, 1.165) is 13.0 Å². The van der Waals surface area contributed by atoms with Gasteiger partial charge in [0.1, 0.15) is 0 Å². The van der Waals surface area contributed by atoms with Gasteiger partial charge in [-0.15, -0.1) is 12.4 Å². The van der Waals surface area contributed by atoms with Gasteiger partial charge in [-0.1, -0.05) is 29.8 Å². The molecule has 0 spiro atoms. The van der Waals surface area contributed by atoms with E-state index in [4.69, 9.17) is 10.5 Å². The minimum Gasteiger partial charge on any atom is -0.380 e. The van der Waals surface area contributed by atoms with Crippen molar-refractivity contribution in [1.29, 1.82) is 0 Å².